The van der Waals surface area contributed by atoms with Crippen LogP contribution in [-0.2, 0) is 0 Å². The SMILES string of the molecule is CN1CCC(C(Cl)=[N+](C)C)=C1Cl. The van der Waals surface area contributed by atoms with Crippen molar-refractivity contribution in [3.8, 4) is 0 Å². The standard InChI is InChI=1S/C8H13Cl2N2/c1-11(2)7(9)6-4-5-12(3)8(6)10/h4-5H2,1-3H3/q+1. The zero-order chi connectivity index (χ0) is 9.30. The van der Waals surface area contributed by atoms with Crippen molar-refractivity contribution in [3.05, 3.63) is 10.7 Å². The number of nitrogens with zero attached hydrogens (tertiary/aromatic N) is 2. The fourth-order valence-electron chi connectivity index (χ4n) is 1.17. The van der Waals surface area contributed by atoms with Gasteiger partial charge in [-0.1, -0.05) is 11.6 Å². The first-order valence-electron chi connectivity index (χ1n) is 3.84. The van der Waals surface area contributed by atoms with Gasteiger partial charge in [0.25, 0.3) is 5.17 Å². The van der Waals surface area contributed by atoms with E-state index in [4.69, 9.17) is 23.2 Å². The van der Waals surface area contributed by atoms with E-state index in [0.29, 0.717) is 0 Å². The molecule has 12 heavy (non-hydrogen) atoms. The number of rotatable bonds is 1. The van der Waals surface area contributed by atoms with Crippen LogP contribution in [-0.4, -0.2) is 42.3 Å². The van der Waals surface area contributed by atoms with Gasteiger partial charge in [-0.3, -0.25) is 0 Å². The molecule has 1 rings (SSSR count). The van der Waals surface area contributed by atoms with Gasteiger partial charge in [0.1, 0.15) is 19.3 Å². The molecule has 0 fully saturated rings. The molecular formula is C8H13Cl2N2+. The number of hydrogen-bond donors (Lipinski definition) is 0. The summed E-state index contributed by atoms with van der Waals surface area (Å²) in [5.41, 5.74) is 1.05. The van der Waals surface area contributed by atoms with Gasteiger partial charge in [-0.2, -0.15) is 0 Å². The Bertz CT molecular complexity index is 252. The first-order valence-corrected chi connectivity index (χ1v) is 4.59. The summed E-state index contributed by atoms with van der Waals surface area (Å²) in [6.45, 7) is 0.957. The molecule has 0 radical (unpaired) electrons. The zero-order valence-electron chi connectivity index (χ0n) is 7.56. The first kappa shape index (κ1) is 9.87. The van der Waals surface area contributed by atoms with Gasteiger partial charge in [0.2, 0.25) is 0 Å². The second kappa shape index (κ2) is 3.67. The van der Waals surface area contributed by atoms with Crippen LogP contribution < -0.4 is 0 Å². The van der Waals surface area contributed by atoms with Crippen LogP contribution in [0.3, 0.4) is 0 Å². The molecule has 1 heterocycles. The molecule has 0 aromatic heterocycles. The van der Waals surface area contributed by atoms with E-state index < -0.39 is 0 Å². The van der Waals surface area contributed by atoms with Crippen molar-refractivity contribution in [1.29, 1.82) is 0 Å². The van der Waals surface area contributed by atoms with Crippen molar-refractivity contribution in [1.82, 2.24) is 4.90 Å². The Labute approximate surface area is 83.1 Å². The fourth-order valence-corrected chi connectivity index (χ4v) is 1.67. The maximum Gasteiger partial charge on any atom is 0.275 e. The van der Waals surface area contributed by atoms with E-state index in [9.17, 15) is 0 Å². The smallest absolute Gasteiger partial charge is 0.275 e. The molecular weight excluding hydrogens is 195 g/mol. The molecule has 68 valence electrons. The van der Waals surface area contributed by atoms with E-state index in [2.05, 4.69) is 0 Å². The average molecular weight is 208 g/mol. The van der Waals surface area contributed by atoms with Crippen LogP contribution in [0.4, 0.5) is 0 Å². The Balaban J connectivity index is 2.98. The van der Waals surface area contributed by atoms with Crippen LogP contribution in [0, 0.1) is 0 Å². The second-order valence-corrected chi connectivity index (χ2v) is 3.84. The quantitative estimate of drug-likeness (QED) is 0.361. The van der Waals surface area contributed by atoms with Crippen LogP contribution in [0.1, 0.15) is 6.42 Å². The van der Waals surface area contributed by atoms with Gasteiger partial charge in [0.05, 0.1) is 5.57 Å². The lowest BCUT2D eigenvalue weighted by Gasteiger charge is -2.08. The van der Waals surface area contributed by atoms with Gasteiger partial charge in [-0.15, -0.1) is 0 Å². The topological polar surface area (TPSA) is 6.25 Å². The van der Waals surface area contributed by atoms with Gasteiger partial charge in [-0.25, -0.2) is 4.58 Å². The maximum atomic E-state index is 6.06. The minimum atomic E-state index is 0.740. The summed E-state index contributed by atoms with van der Waals surface area (Å²) in [6, 6.07) is 0. The zero-order valence-corrected chi connectivity index (χ0v) is 9.08. The summed E-state index contributed by atoms with van der Waals surface area (Å²) in [6.07, 6.45) is 0.937. The lowest BCUT2D eigenvalue weighted by molar-refractivity contribution is -0.461. The summed E-state index contributed by atoms with van der Waals surface area (Å²) in [5.74, 6) is 0. The summed E-state index contributed by atoms with van der Waals surface area (Å²) < 4.78 is 1.87. The van der Waals surface area contributed by atoms with Gasteiger partial charge in [0.15, 0.2) is 0 Å². The normalized spacial score (nSPS) is 17.2. The molecule has 0 saturated heterocycles. The Hall–Kier alpha value is -0.210. The van der Waals surface area contributed by atoms with Crippen LogP contribution in [0.15, 0.2) is 10.7 Å². The van der Waals surface area contributed by atoms with Crippen LogP contribution >= 0.6 is 23.2 Å². The molecule has 0 atom stereocenters. The summed E-state index contributed by atoms with van der Waals surface area (Å²) in [5, 5.41) is 1.51. The Morgan fingerprint density at radius 1 is 1.50 bits per heavy atom. The molecule has 0 saturated carbocycles. The molecule has 0 spiro atoms. The minimum absolute atomic E-state index is 0.740. The van der Waals surface area contributed by atoms with Crippen molar-refractivity contribution in [2.75, 3.05) is 27.7 Å². The third-order valence-corrected chi connectivity index (χ3v) is 3.01. The van der Waals surface area contributed by atoms with Crippen LogP contribution in [0.25, 0.3) is 0 Å². The van der Waals surface area contributed by atoms with Crippen molar-refractivity contribution in [2.45, 2.75) is 6.42 Å². The largest absolute Gasteiger partial charge is 0.365 e. The molecule has 0 N–H and O–H groups in total. The van der Waals surface area contributed by atoms with Gasteiger partial charge < -0.3 is 4.90 Å². The molecule has 1 aliphatic rings. The summed E-state index contributed by atoms with van der Waals surface area (Å²) in [4.78, 5) is 2.00. The van der Waals surface area contributed by atoms with Gasteiger partial charge in [-0.05, 0) is 11.6 Å². The highest BCUT2D eigenvalue weighted by atomic mass is 35.5. The van der Waals surface area contributed by atoms with Crippen molar-refractivity contribution >= 4 is 28.4 Å². The van der Waals surface area contributed by atoms with Crippen LogP contribution in [0.5, 0.6) is 0 Å². The van der Waals surface area contributed by atoms with Crippen LogP contribution in [0.2, 0.25) is 0 Å². The Morgan fingerprint density at radius 2 is 2.08 bits per heavy atom. The molecule has 1 aliphatic heterocycles. The number of halogens is 2. The van der Waals surface area contributed by atoms with Crippen molar-refractivity contribution < 1.29 is 4.58 Å². The molecule has 0 bridgehead atoms. The van der Waals surface area contributed by atoms with Crippen molar-refractivity contribution in [3.63, 3.8) is 0 Å². The predicted molar refractivity (Wildman–Crippen MR) is 53.1 cm³/mol. The van der Waals surface area contributed by atoms with E-state index in [1.165, 1.54) is 0 Å². The monoisotopic (exact) mass is 207 g/mol. The Kier molecular flexibility index (Phi) is 3.02. The highest BCUT2D eigenvalue weighted by molar-refractivity contribution is 6.68. The molecule has 2 nitrogen and oxygen atoms in total. The highest BCUT2D eigenvalue weighted by Crippen LogP contribution is 2.26. The lowest BCUT2D eigenvalue weighted by atomic mass is 10.2. The first-order chi connectivity index (χ1) is 5.54. The molecule has 0 aromatic rings. The third-order valence-electron chi connectivity index (χ3n) is 1.92. The summed E-state index contributed by atoms with van der Waals surface area (Å²) >= 11 is 12.1. The highest BCUT2D eigenvalue weighted by Gasteiger charge is 2.24. The van der Waals surface area contributed by atoms with E-state index in [1.807, 2.05) is 30.6 Å². The van der Waals surface area contributed by atoms with E-state index >= 15 is 0 Å². The Morgan fingerprint density at radius 3 is 2.42 bits per heavy atom. The maximum absolute atomic E-state index is 6.06. The lowest BCUT2D eigenvalue weighted by Crippen LogP contribution is -2.10. The predicted octanol–water partition coefficient (Wildman–Crippen LogP) is 1.68. The van der Waals surface area contributed by atoms with E-state index in [-0.39, 0.29) is 0 Å². The molecule has 0 unspecified atom stereocenters. The summed E-state index contributed by atoms with van der Waals surface area (Å²) in [7, 11) is 5.80. The number of hydrogen-bond acceptors (Lipinski definition) is 1. The van der Waals surface area contributed by atoms with Crippen molar-refractivity contribution in [2.24, 2.45) is 0 Å². The minimum Gasteiger partial charge on any atom is -0.365 e. The molecule has 4 heteroatoms. The molecule has 0 aromatic carbocycles. The fraction of sp³-hybridized carbons (Fsp3) is 0.625. The average Bonchev–Trinajstić information content (AvgIpc) is 2.32. The van der Waals surface area contributed by atoms with Gasteiger partial charge in [0, 0.05) is 20.0 Å². The third kappa shape index (κ3) is 1.75. The second-order valence-electron chi connectivity index (χ2n) is 3.13. The molecule has 0 aliphatic carbocycles. The van der Waals surface area contributed by atoms with E-state index in [1.54, 1.807) is 0 Å². The molecule has 0 amide bonds. The van der Waals surface area contributed by atoms with Gasteiger partial charge >= 0.3 is 0 Å². The van der Waals surface area contributed by atoms with E-state index in [0.717, 1.165) is 28.9 Å².